The van der Waals surface area contributed by atoms with Gasteiger partial charge in [0, 0.05) is 0 Å². The molecule has 1 rings (SSSR count). The molecule has 4 nitrogen and oxygen atoms in total. The molecule has 1 saturated heterocycles. The van der Waals surface area contributed by atoms with Gasteiger partial charge in [0.15, 0.2) is 0 Å². The van der Waals surface area contributed by atoms with Gasteiger partial charge in [0.1, 0.15) is 0 Å². The van der Waals surface area contributed by atoms with Gasteiger partial charge in [-0.05, 0) is 31.8 Å². The molecule has 1 fully saturated rings. The van der Waals surface area contributed by atoms with E-state index in [9.17, 15) is 4.79 Å². The topological polar surface area (TPSA) is 69.6 Å². The first kappa shape index (κ1) is 9.48. The molecule has 1 unspecified atom stereocenters. The van der Waals surface area contributed by atoms with Gasteiger partial charge in [-0.25, -0.2) is 0 Å². The Bertz CT molecular complexity index is 154. The van der Waals surface area contributed by atoms with Crippen molar-refractivity contribution in [2.45, 2.75) is 12.8 Å². The SMILES string of the molecule is O=C(O)C(CO)C1CCNCC1. The van der Waals surface area contributed by atoms with Gasteiger partial charge in [-0.2, -0.15) is 0 Å². The molecule has 1 aliphatic rings. The standard InChI is InChI=1S/C8H15NO3/c10-5-7(8(11)12)6-1-3-9-4-2-6/h6-7,9-10H,1-5H2,(H,11,12). The van der Waals surface area contributed by atoms with E-state index in [1.807, 2.05) is 0 Å². The quantitative estimate of drug-likeness (QED) is 0.547. The monoisotopic (exact) mass is 173 g/mol. The number of aliphatic hydroxyl groups excluding tert-OH is 1. The Hall–Kier alpha value is -0.610. The Morgan fingerprint density at radius 1 is 1.50 bits per heavy atom. The number of aliphatic carboxylic acids is 1. The first-order valence-corrected chi connectivity index (χ1v) is 4.30. The second-order valence-corrected chi connectivity index (χ2v) is 3.21. The predicted molar refractivity (Wildman–Crippen MR) is 43.8 cm³/mol. The van der Waals surface area contributed by atoms with E-state index in [1.54, 1.807) is 0 Å². The lowest BCUT2D eigenvalue weighted by atomic mass is 9.85. The molecule has 0 aromatic heterocycles. The summed E-state index contributed by atoms with van der Waals surface area (Å²) in [6, 6.07) is 0. The molecule has 0 aromatic carbocycles. The van der Waals surface area contributed by atoms with E-state index in [-0.39, 0.29) is 12.5 Å². The van der Waals surface area contributed by atoms with Crippen LogP contribution in [0.25, 0.3) is 0 Å². The number of aliphatic hydroxyl groups is 1. The highest BCUT2D eigenvalue weighted by atomic mass is 16.4. The van der Waals surface area contributed by atoms with Crippen molar-refractivity contribution in [3.63, 3.8) is 0 Å². The summed E-state index contributed by atoms with van der Waals surface area (Å²) in [6.45, 7) is 1.50. The normalized spacial score (nSPS) is 22.1. The van der Waals surface area contributed by atoms with Gasteiger partial charge in [0.05, 0.1) is 12.5 Å². The van der Waals surface area contributed by atoms with E-state index in [2.05, 4.69) is 5.32 Å². The summed E-state index contributed by atoms with van der Waals surface area (Å²) in [4.78, 5) is 10.6. The molecule has 1 heterocycles. The zero-order chi connectivity index (χ0) is 8.97. The third-order valence-electron chi connectivity index (χ3n) is 2.47. The number of piperidine rings is 1. The van der Waals surface area contributed by atoms with Crippen molar-refractivity contribution >= 4 is 5.97 Å². The lowest BCUT2D eigenvalue weighted by Crippen LogP contribution is -2.36. The molecule has 1 atom stereocenters. The van der Waals surface area contributed by atoms with Crippen molar-refractivity contribution in [3.05, 3.63) is 0 Å². The molecule has 0 saturated carbocycles. The van der Waals surface area contributed by atoms with E-state index in [0.29, 0.717) is 0 Å². The highest BCUT2D eigenvalue weighted by Crippen LogP contribution is 2.21. The smallest absolute Gasteiger partial charge is 0.309 e. The molecule has 12 heavy (non-hydrogen) atoms. The van der Waals surface area contributed by atoms with Crippen LogP contribution in [0.2, 0.25) is 0 Å². The van der Waals surface area contributed by atoms with Crippen LogP contribution in [0, 0.1) is 11.8 Å². The summed E-state index contributed by atoms with van der Waals surface area (Å²) in [6.07, 6.45) is 1.72. The fraction of sp³-hybridized carbons (Fsp3) is 0.875. The first-order valence-electron chi connectivity index (χ1n) is 4.30. The van der Waals surface area contributed by atoms with Gasteiger partial charge in [-0.3, -0.25) is 4.79 Å². The van der Waals surface area contributed by atoms with Crippen LogP contribution >= 0.6 is 0 Å². The van der Waals surface area contributed by atoms with E-state index in [0.717, 1.165) is 25.9 Å². The number of hydrogen-bond acceptors (Lipinski definition) is 3. The van der Waals surface area contributed by atoms with E-state index in [4.69, 9.17) is 10.2 Å². The molecule has 0 aromatic rings. The molecule has 0 amide bonds. The molecule has 0 radical (unpaired) electrons. The second kappa shape index (κ2) is 4.42. The predicted octanol–water partition coefficient (Wildman–Crippen LogP) is -0.321. The number of hydrogen-bond donors (Lipinski definition) is 3. The largest absolute Gasteiger partial charge is 0.481 e. The van der Waals surface area contributed by atoms with Crippen molar-refractivity contribution in [2.75, 3.05) is 19.7 Å². The van der Waals surface area contributed by atoms with Crippen LogP contribution < -0.4 is 5.32 Å². The summed E-state index contributed by atoms with van der Waals surface area (Å²) < 4.78 is 0. The molecule has 0 aliphatic carbocycles. The van der Waals surface area contributed by atoms with Gasteiger partial charge in [-0.1, -0.05) is 0 Å². The third-order valence-corrected chi connectivity index (χ3v) is 2.47. The minimum Gasteiger partial charge on any atom is -0.481 e. The van der Waals surface area contributed by atoms with E-state index < -0.39 is 11.9 Å². The minimum absolute atomic E-state index is 0.147. The van der Waals surface area contributed by atoms with Gasteiger partial charge in [0.25, 0.3) is 0 Å². The lowest BCUT2D eigenvalue weighted by molar-refractivity contribution is -0.145. The number of nitrogens with one attached hydrogen (secondary N) is 1. The molecule has 3 N–H and O–H groups in total. The van der Waals surface area contributed by atoms with Gasteiger partial charge < -0.3 is 15.5 Å². The van der Waals surface area contributed by atoms with Crippen molar-refractivity contribution < 1.29 is 15.0 Å². The van der Waals surface area contributed by atoms with Crippen LogP contribution in [0.1, 0.15) is 12.8 Å². The van der Waals surface area contributed by atoms with E-state index >= 15 is 0 Å². The summed E-state index contributed by atoms with van der Waals surface area (Å²) in [5.74, 6) is -1.29. The average molecular weight is 173 g/mol. The van der Waals surface area contributed by atoms with E-state index in [1.165, 1.54) is 0 Å². The molecular weight excluding hydrogens is 158 g/mol. The van der Waals surface area contributed by atoms with Crippen LogP contribution in [0.4, 0.5) is 0 Å². The Kier molecular flexibility index (Phi) is 3.49. The Morgan fingerprint density at radius 3 is 2.50 bits per heavy atom. The number of carbonyl (C=O) groups is 1. The maximum atomic E-state index is 10.6. The molecule has 1 aliphatic heterocycles. The number of carboxylic acids is 1. The summed E-state index contributed by atoms with van der Waals surface area (Å²) >= 11 is 0. The molecule has 70 valence electrons. The van der Waals surface area contributed by atoms with Crippen LogP contribution in [0.15, 0.2) is 0 Å². The fourth-order valence-electron chi connectivity index (χ4n) is 1.68. The number of carboxylic acid groups (broad SMARTS) is 1. The molecule has 0 spiro atoms. The van der Waals surface area contributed by atoms with Crippen LogP contribution in [0.3, 0.4) is 0 Å². The second-order valence-electron chi connectivity index (χ2n) is 3.21. The fourth-order valence-corrected chi connectivity index (χ4v) is 1.68. The van der Waals surface area contributed by atoms with Crippen molar-refractivity contribution in [1.29, 1.82) is 0 Å². The summed E-state index contributed by atoms with van der Waals surface area (Å²) in [7, 11) is 0. The van der Waals surface area contributed by atoms with Crippen LogP contribution in [-0.2, 0) is 4.79 Å². The van der Waals surface area contributed by atoms with Gasteiger partial charge in [0.2, 0.25) is 0 Å². The van der Waals surface area contributed by atoms with Crippen molar-refractivity contribution in [3.8, 4) is 0 Å². The van der Waals surface area contributed by atoms with Gasteiger partial charge in [-0.15, -0.1) is 0 Å². The third kappa shape index (κ3) is 2.19. The molecule has 0 bridgehead atoms. The Morgan fingerprint density at radius 2 is 2.08 bits per heavy atom. The van der Waals surface area contributed by atoms with Crippen molar-refractivity contribution in [1.82, 2.24) is 5.32 Å². The summed E-state index contributed by atoms with van der Waals surface area (Å²) in [5, 5.41) is 20.8. The zero-order valence-electron chi connectivity index (χ0n) is 6.99. The molecular formula is C8H15NO3. The zero-order valence-corrected chi connectivity index (χ0v) is 6.99. The molecule has 4 heteroatoms. The van der Waals surface area contributed by atoms with Crippen molar-refractivity contribution in [2.24, 2.45) is 11.8 Å². The van der Waals surface area contributed by atoms with Crippen LogP contribution in [-0.4, -0.2) is 35.9 Å². The lowest BCUT2D eigenvalue weighted by Gasteiger charge is -2.26. The minimum atomic E-state index is -0.871. The first-order chi connectivity index (χ1) is 5.75. The Balaban J connectivity index is 2.46. The Labute approximate surface area is 71.6 Å². The highest BCUT2D eigenvalue weighted by molar-refractivity contribution is 5.70. The number of rotatable bonds is 3. The maximum Gasteiger partial charge on any atom is 0.309 e. The average Bonchev–Trinajstić information content (AvgIpc) is 2.07. The van der Waals surface area contributed by atoms with Crippen LogP contribution in [0.5, 0.6) is 0 Å². The van der Waals surface area contributed by atoms with Gasteiger partial charge >= 0.3 is 5.97 Å². The summed E-state index contributed by atoms with van der Waals surface area (Å²) in [5.41, 5.74) is 0. The highest BCUT2D eigenvalue weighted by Gasteiger charge is 2.28. The maximum absolute atomic E-state index is 10.6.